The van der Waals surface area contributed by atoms with Crippen molar-refractivity contribution in [2.45, 2.75) is 36.9 Å². The van der Waals surface area contributed by atoms with Crippen molar-refractivity contribution >= 4 is 16.1 Å². The molecule has 0 heterocycles. The van der Waals surface area contributed by atoms with E-state index in [4.69, 9.17) is 4.74 Å². The molecule has 0 spiro atoms. The highest BCUT2D eigenvalue weighted by molar-refractivity contribution is 7.86. The Labute approximate surface area is 133 Å². The van der Waals surface area contributed by atoms with E-state index in [1.165, 1.54) is 12.1 Å². The molecule has 0 bridgehead atoms. The standard InChI is InChI=1S/C14H18O8S/c1-23(19,20)22-13-10(16)7-9(15)12(11(13)17)21-14(18)8-5-3-2-4-6-8/h2-6,9-13,15-17H,7H2,1H3/t9?,10-,11?,12+,13-/m1/s1. The number of esters is 1. The molecule has 23 heavy (non-hydrogen) atoms. The van der Waals surface area contributed by atoms with Crippen LogP contribution in [0.3, 0.4) is 0 Å². The third-order valence-corrected chi connectivity index (χ3v) is 4.02. The Balaban J connectivity index is 2.15. The van der Waals surface area contributed by atoms with Crippen molar-refractivity contribution in [2.75, 3.05) is 6.26 Å². The molecule has 0 amide bonds. The van der Waals surface area contributed by atoms with E-state index in [9.17, 15) is 28.5 Å². The number of hydrogen-bond acceptors (Lipinski definition) is 8. The monoisotopic (exact) mass is 346 g/mol. The van der Waals surface area contributed by atoms with Gasteiger partial charge in [0, 0.05) is 6.42 Å². The number of ether oxygens (including phenoxy) is 1. The second kappa shape index (κ2) is 6.93. The van der Waals surface area contributed by atoms with Crippen LogP contribution >= 0.6 is 0 Å². The molecule has 1 aliphatic carbocycles. The van der Waals surface area contributed by atoms with Crippen LogP contribution in [0.1, 0.15) is 16.8 Å². The van der Waals surface area contributed by atoms with Gasteiger partial charge in [-0.3, -0.25) is 4.18 Å². The van der Waals surface area contributed by atoms with E-state index in [0.29, 0.717) is 0 Å². The Morgan fingerprint density at radius 1 is 1.09 bits per heavy atom. The lowest BCUT2D eigenvalue weighted by atomic mass is 9.87. The molecule has 2 rings (SSSR count). The normalized spacial score (nSPS) is 31.6. The van der Waals surface area contributed by atoms with Crippen molar-refractivity contribution in [3.8, 4) is 0 Å². The lowest BCUT2D eigenvalue weighted by molar-refractivity contribution is -0.169. The second-order valence-corrected chi connectivity index (χ2v) is 6.96. The maximum Gasteiger partial charge on any atom is 0.338 e. The molecule has 1 aromatic rings. The third kappa shape index (κ3) is 4.49. The van der Waals surface area contributed by atoms with Crippen LogP contribution in [0.2, 0.25) is 0 Å². The first-order chi connectivity index (χ1) is 10.7. The fraction of sp³-hybridized carbons (Fsp3) is 0.500. The number of aliphatic hydroxyl groups is 3. The molecule has 9 heteroatoms. The molecule has 3 N–H and O–H groups in total. The summed E-state index contributed by atoms with van der Waals surface area (Å²) in [5.41, 5.74) is 0.207. The van der Waals surface area contributed by atoms with Crippen LogP contribution in [0, 0.1) is 0 Å². The molecule has 8 nitrogen and oxygen atoms in total. The van der Waals surface area contributed by atoms with Crippen molar-refractivity contribution in [2.24, 2.45) is 0 Å². The van der Waals surface area contributed by atoms with Crippen molar-refractivity contribution in [3.05, 3.63) is 35.9 Å². The first-order valence-corrected chi connectivity index (χ1v) is 8.69. The summed E-state index contributed by atoms with van der Waals surface area (Å²) in [5.74, 6) is -0.789. The summed E-state index contributed by atoms with van der Waals surface area (Å²) < 4.78 is 32.1. The maximum absolute atomic E-state index is 12.0. The van der Waals surface area contributed by atoms with E-state index in [1.54, 1.807) is 18.2 Å². The zero-order valence-electron chi connectivity index (χ0n) is 12.3. The van der Waals surface area contributed by atoms with E-state index >= 15 is 0 Å². The number of carbonyl (C=O) groups is 1. The van der Waals surface area contributed by atoms with E-state index in [1.807, 2.05) is 0 Å². The van der Waals surface area contributed by atoms with Gasteiger partial charge in [-0.25, -0.2) is 4.79 Å². The summed E-state index contributed by atoms with van der Waals surface area (Å²) in [5, 5.41) is 29.9. The minimum atomic E-state index is -3.95. The second-order valence-electron chi connectivity index (χ2n) is 5.36. The van der Waals surface area contributed by atoms with Gasteiger partial charge in [0.15, 0.2) is 6.10 Å². The summed E-state index contributed by atoms with van der Waals surface area (Å²) in [6, 6.07) is 7.91. The van der Waals surface area contributed by atoms with E-state index < -0.39 is 46.6 Å². The fourth-order valence-corrected chi connectivity index (χ4v) is 3.04. The maximum atomic E-state index is 12.0. The van der Waals surface area contributed by atoms with Crippen molar-refractivity contribution in [1.82, 2.24) is 0 Å². The van der Waals surface area contributed by atoms with Gasteiger partial charge in [0.2, 0.25) is 0 Å². The molecule has 1 fully saturated rings. The summed E-state index contributed by atoms with van der Waals surface area (Å²) in [7, 11) is -3.95. The van der Waals surface area contributed by atoms with Gasteiger partial charge >= 0.3 is 5.97 Å². The molecule has 2 unspecified atom stereocenters. The number of hydrogen-bond donors (Lipinski definition) is 3. The first kappa shape index (κ1) is 17.8. The molecule has 0 aromatic heterocycles. The third-order valence-electron chi connectivity index (χ3n) is 3.45. The van der Waals surface area contributed by atoms with Crippen LogP contribution in [0.5, 0.6) is 0 Å². The van der Waals surface area contributed by atoms with Crippen LogP contribution in [0.4, 0.5) is 0 Å². The van der Waals surface area contributed by atoms with Crippen molar-refractivity contribution in [3.63, 3.8) is 0 Å². The number of benzene rings is 1. The molecule has 0 aliphatic heterocycles. The summed E-state index contributed by atoms with van der Waals surface area (Å²) in [6.07, 6.45) is -6.95. The van der Waals surface area contributed by atoms with Gasteiger partial charge in [-0.15, -0.1) is 0 Å². The van der Waals surface area contributed by atoms with Crippen LogP contribution in [-0.4, -0.2) is 66.5 Å². The first-order valence-electron chi connectivity index (χ1n) is 6.87. The molecule has 1 aromatic carbocycles. The lowest BCUT2D eigenvalue weighted by Crippen LogP contribution is -2.58. The number of aliphatic hydroxyl groups excluding tert-OH is 3. The minimum absolute atomic E-state index is 0.207. The highest BCUT2D eigenvalue weighted by Gasteiger charge is 2.47. The predicted octanol–water partition coefficient (Wildman–Crippen LogP) is -0.957. The smallest absolute Gasteiger partial charge is 0.338 e. The van der Waals surface area contributed by atoms with E-state index in [-0.39, 0.29) is 12.0 Å². The van der Waals surface area contributed by atoms with Gasteiger partial charge < -0.3 is 20.1 Å². The number of rotatable bonds is 4. The topological polar surface area (TPSA) is 130 Å². The Kier molecular flexibility index (Phi) is 5.37. The van der Waals surface area contributed by atoms with Crippen molar-refractivity contribution in [1.29, 1.82) is 0 Å². The fourth-order valence-electron chi connectivity index (χ4n) is 2.39. The molecular formula is C14H18O8S. The molecule has 5 atom stereocenters. The van der Waals surface area contributed by atoms with Crippen molar-refractivity contribution < 1.29 is 37.5 Å². The predicted molar refractivity (Wildman–Crippen MR) is 78.0 cm³/mol. The summed E-state index contributed by atoms with van der Waals surface area (Å²) >= 11 is 0. The Bertz CT molecular complexity index is 644. The van der Waals surface area contributed by atoms with E-state index in [2.05, 4.69) is 4.18 Å². The van der Waals surface area contributed by atoms with Crippen LogP contribution in [0.25, 0.3) is 0 Å². The highest BCUT2D eigenvalue weighted by atomic mass is 32.2. The van der Waals surface area contributed by atoms with Crippen LogP contribution in [0.15, 0.2) is 30.3 Å². The van der Waals surface area contributed by atoms with Crippen LogP contribution < -0.4 is 0 Å². The molecule has 0 radical (unpaired) electrons. The average molecular weight is 346 g/mol. The van der Waals surface area contributed by atoms with Gasteiger partial charge in [-0.2, -0.15) is 8.42 Å². The van der Waals surface area contributed by atoms with Gasteiger partial charge in [0.25, 0.3) is 10.1 Å². The van der Waals surface area contributed by atoms with E-state index in [0.717, 1.165) is 6.26 Å². The summed E-state index contributed by atoms with van der Waals surface area (Å²) in [4.78, 5) is 12.0. The minimum Gasteiger partial charge on any atom is -0.453 e. The molecular weight excluding hydrogens is 328 g/mol. The highest BCUT2D eigenvalue weighted by Crippen LogP contribution is 2.27. The Morgan fingerprint density at radius 2 is 1.65 bits per heavy atom. The molecule has 1 saturated carbocycles. The van der Waals surface area contributed by atoms with Gasteiger partial charge in [0.1, 0.15) is 12.2 Å². The van der Waals surface area contributed by atoms with Crippen LogP contribution in [-0.2, 0) is 19.0 Å². The average Bonchev–Trinajstić information content (AvgIpc) is 2.47. The van der Waals surface area contributed by atoms with Gasteiger partial charge in [0.05, 0.1) is 24.0 Å². The zero-order valence-corrected chi connectivity index (χ0v) is 13.1. The molecule has 128 valence electrons. The van der Waals surface area contributed by atoms with Gasteiger partial charge in [-0.05, 0) is 12.1 Å². The Hall–Kier alpha value is -1.52. The Morgan fingerprint density at radius 3 is 2.22 bits per heavy atom. The largest absolute Gasteiger partial charge is 0.453 e. The van der Waals surface area contributed by atoms with Gasteiger partial charge in [-0.1, -0.05) is 18.2 Å². The summed E-state index contributed by atoms with van der Waals surface area (Å²) in [6.45, 7) is 0. The zero-order chi connectivity index (χ0) is 17.2. The lowest BCUT2D eigenvalue weighted by Gasteiger charge is -2.39. The SMILES string of the molecule is CS(=O)(=O)O[C@H]1C(O)[C@@H](OC(=O)c2ccccc2)C(O)C[C@H]1O. The number of carbonyl (C=O) groups excluding carboxylic acids is 1. The quantitative estimate of drug-likeness (QED) is 0.469. The molecule has 1 aliphatic rings. The molecule has 0 saturated heterocycles.